The van der Waals surface area contributed by atoms with Gasteiger partial charge in [0.15, 0.2) is 5.16 Å². The maximum Gasteiger partial charge on any atom is 0.339 e. The number of H-pyrrole nitrogens is 1. The lowest BCUT2D eigenvalue weighted by Crippen LogP contribution is -2.34. The Kier molecular flexibility index (Phi) is 4.98. The number of nitrogens with two attached hydrogens (primary N) is 1. The van der Waals surface area contributed by atoms with Crippen molar-refractivity contribution in [3.8, 4) is 0 Å². The number of nitrogens with zero attached hydrogens (tertiary/aromatic N) is 2. The number of aryl methyl sites for hydroxylation is 2. The zero-order chi connectivity index (χ0) is 15.4. The number of hydrogen-bond acceptors (Lipinski definition) is 5. The second-order valence-corrected chi connectivity index (χ2v) is 5.70. The van der Waals surface area contributed by atoms with E-state index in [-0.39, 0.29) is 6.04 Å². The van der Waals surface area contributed by atoms with Crippen molar-refractivity contribution in [2.75, 3.05) is 5.75 Å². The first kappa shape index (κ1) is 15.5. The monoisotopic (exact) mass is 306 g/mol. The van der Waals surface area contributed by atoms with Gasteiger partial charge in [-0.15, -0.1) is 0 Å². The van der Waals surface area contributed by atoms with Gasteiger partial charge in [0.1, 0.15) is 0 Å². The fraction of sp³-hybridized carbons (Fsp3) is 0.357. The van der Waals surface area contributed by atoms with Crippen LogP contribution in [0.15, 0.2) is 39.0 Å². The van der Waals surface area contributed by atoms with E-state index in [4.69, 9.17) is 5.73 Å². The van der Waals surface area contributed by atoms with Crippen LogP contribution >= 0.6 is 11.8 Å². The highest BCUT2D eigenvalue weighted by Gasteiger charge is 2.10. The van der Waals surface area contributed by atoms with Gasteiger partial charge < -0.3 is 5.73 Å². The molecule has 7 heteroatoms. The Morgan fingerprint density at radius 1 is 1.33 bits per heavy atom. The van der Waals surface area contributed by atoms with Crippen molar-refractivity contribution >= 4 is 11.8 Å². The van der Waals surface area contributed by atoms with Gasteiger partial charge in [-0.05, 0) is 17.5 Å². The van der Waals surface area contributed by atoms with Gasteiger partial charge >= 0.3 is 11.1 Å². The third-order valence-electron chi connectivity index (χ3n) is 3.16. The van der Waals surface area contributed by atoms with Crippen LogP contribution in [0.3, 0.4) is 0 Å². The third kappa shape index (κ3) is 3.83. The largest absolute Gasteiger partial charge is 0.339 e. The Morgan fingerprint density at radius 3 is 2.62 bits per heavy atom. The lowest BCUT2D eigenvalue weighted by atomic mass is 10.1. The molecule has 0 spiro atoms. The molecule has 0 aliphatic rings. The zero-order valence-electron chi connectivity index (χ0n) is 12.0. The topological polar surface area (TPSA) is 93.8 Å². The average molecular weight is 306 g/mol. The Balaban J connectivity index is 2.06. The lowest BCUT2D eigenvalue weighted by Gasteiger charge is -2.13. The van der Waals surface area contributed by atoms with Crippen LogP contribution in [0.2, 0.25) is 0 Å². The van der Waals surface area contributed by atoms with Crippen LogP contribution in [0.5, 0.6) is 0 Å². The number of aromatic amines is 1. The van der Waals surface area contributed by atoms with E-state index in [1.165, 1.54) is 22.0 Å². The van der Waals surface area contributed by atoms with Crippen LogP contribution in [0, 0.1) is 0 Å². The van der Waals surface area contributed by atoms with Crippen LogP contribution in [0.1, 0.15) is 24.1 Å². The summed E-state index contributed by atoms with van der Waals surface area (Å²) in [7, 11) is 1.64. The van der Waals surface area contributed by atoms with E-state index in [1.54, 1.807) is 7.05 Å². The Labute approximate surface area is 126 Å². The number of benzene rings is 1. The molecule has 1 aromatic heterocycles. The molecule has 21 heavy (non-hydrogen) atoms. The summed E-state index contributed by atoms with van der Waals surface area (Å²) < 4.78 is 1.43. The van der Waals surface area contributed by atoms with Crippen molar-refractivity contribution in [3.63, 3.8) is 0 Å². The minimum Gasteiger partial charge on any atom is -0.323 e. The number of hydrogen-bond donors (Lipinski definition) is 2. The second kappa shape index (κ2) is 6.73. The molecule has 112 valence electrons. The SMILES string of the molecule is CCc1ccc(C(N)CSc2nc(=O)c(=O)[nH]n2C)cc1. The maximum atomic E-state index is 11.3. The van der Waals surface area contributed by atoms with Gasteiger partial charge in [0, 0.05) is 18.8 Å². The minimum absolute atomic E-state index is 0.162. The van der Waals surface area contributed by atoms with Crippen molar-refractivity contribution < 1.29 is 0 Å². The van der Waals surface area contributed by atoms with Crippen LogP contribution in [-0.4, -0.2) is 20.5 Å². The van der Waals surface area contributed by atoms with Crippen molar-refractivity contribution in [1.29, 1.82) is 0 Å². The summed E-state index contributed by atoms with van der Waals surface area (Å²) in [5.41, 5.74) is 6.95. The summed E-state index contributed by atoms with van der Waals surface area (Å²) in [6.45, 7) is 2.10. The molecular formula is C14H18N4O2S. The van der Waals surface area contributed by atoms with E-state index in [0.717, 1.165) is 12.0 Å². The number of thioether (sulfide) groups is 1. The van der Waals surface area contributed by atoms with E-state index in [1.807, 2.05) is 12.1 Å². The summed E-state index contributed by atoms with van der Waals surface area (Å²) in [6, 6.07) is 8.00. The average Bonchev–Trinajstić information content (AvgIpc) is 2.49. The molecule has 0 amide bonds. The van der Waals surface area contributed by atoms with Crippen LogP contribution < -0.4 is 16.9 Å². The molecule has 2 aromatic rings. The molecule has 0 fully saturated rings. The molecule has 0 saturated carbocycles. The second-order valence-electron chi connectivity index (χ2n) is 4.71. The first-order valence-corrected chi connectivity index (χ1v) is 7.64. The maximum absolute atomic E-state index is 11.3. The van der Waals surface area contributed by atoms with Crippen LogP contribution in [0.4, 0.5) is 0 Å². The van der Waals surface area contributed by atoms with Gasteiger partial charge in [-0.25, -0.2) is 0 Å². The standard InChI is InChI=1S/C14H18N4O2S/c1-3-9-4-6-10(7-5-9)11(15)8-21-14-16-12(19)13(20)17-18(14)2/h4-7,11H,3,8,15H2,1-2H3,(H,17,20). The van der Waals surface area contributed by atoms with E-state index in [9.17, 15) is 9.59 Å². The van der Waals surface area contributed by atoms with Crippen LogP contribution in [-0.2, 0) is 13.5 Å². The molecule has 1 atom stereocenters. The first-order valence-electron chi connectivity index (χ1n) is 6.65. The van der Waals surface area contributed by atoms with E-state index < -0.39 is 11.1 Å². The molecule has 1 aromatic carbocycles. The van der Waals surface area contributed by atoms with Crippen molar-refractivity contribution in [3.05, 3.63) is 56.1 Å². The van der Waals surface area contributed by atoms with Gasteiger partial charge in [-0.2, -0.15) is 4.98 Å². The van der Waals surface area contributed by atoms with Crippen LogP contribution in [0.25, 0.3) is 0 Å². The molecule has 2 rings (SSSR count). The van der Waals surface area contributed by atoms with Gasteiger partial charge in [-0.1, -0.05) is 43.0 Å². The molecule has 1 unspecified atom stereocenters. The molecule has 0 aliphatic heterocycles. The zero-order valence-corrected chi connectivity index (χ0v) is 12.8. The van der Waals surface area contributed by atoms with Crippen molar-refractivity contribution in [2.24, 2.45) is 12.8 Å². The van der Waals surface area contributed by atoms with Crippen molar-refractivity contribution in [2.45, 2.75) is 24.5 Å². The first-order chi connectivity index (χ1) is 10.0. The Bertz CT molecular complexity index is 721. The summed E-state index contributed by atoms with van der Waals surface area (Å²) in [4.78, 5) is 26.1. The smallest absolute Gasteiger partial charge is 0.323 e. The molecule has 0 radical (unpaired) electrons. The Hall–Kier alpha value is -1.86. The van der Waals surface area contributed by atoms with E-state index in [2.05, 4.69) is 29.1 Å². The summed E-state index contributed by atoms with van der Waals surface area (Å²) in [5.74, 6) is 0.567. The minimum atomic E-state index is -0.781. The molecular weight excluding hydrogens is 288 g/mol. The molecule has 3 N–H and O–H groups in total. The third-order valence-corrected chi connectivity index (χ3v) is 4.30. The number of aromatic nitrogens is 3. The summed E-state index contributed by atoms with van der Waals surface area (Å²) >= 11 is 1.34. The highest BCUT2D eigenvalue weighted by molar-refractivity contribution is 7.99. The predicted molar refractivity (Wildman–Crippen MR) is 83.6 cm³/mol. The van der Waals surface area contributed by atoms with Gasteiger partial charge in [0.25, 0.3) is 0 Å². The highest BCUT2D eigenvalue weighted by atomic mass is 32.2. The number of rotatable bonds is 5. The fourth-order valence-corrected chi connectivity index (χ4v) is 2.76. The van der Waals surface area contributed by atoms with E-state index in [0.29, 0.717) is 10.9 Å². The van der Waals surface area contributed by atoms with Crippen molar-refractivity contribution in [1.82, 2.24) is 14.8 Å². The summed E-state index contributed by atoms with van der Waals surface area (Å²) in [5, 5.41) is 2.85. The van der Waals surface area contributed by atoms with Gasteiger partial charge in [0.2, 0.25) is 0 Å². The summed E-state index contributed by atoms with van der Waals surface area (Å²) in [6.07, 6.45) is 0.994. The quantitative estimate of drug-likeness (QED) is 0.630. The van der Waals surface area contributed by atoms with Gasteiger partial charge in [-0.3, -0.25) is 19.4 Å². The molecule has 1 heterocycles. The van der Waals surface area contributed by atoms with Gasteiger partial charge in [0.05, 0.1) is 0 Å². The Morgan fingerprint density at radius 2 is 2.00 bits per heavy atom. The number of nitrogens with one attached hydrogen (secondary N) is 1. The molecule has 0 bridgehead atoms. The molecule has 0 aliphatic carbocycles. The predicted octanol–water partition coefficient (Wildman–Crippen LogP) is 0.823. The normalized spacial score (nSPS) is 12.3. The van der Waals surface area contributed by atoms with E-state index >= 15 is 0 Å². The molecule has 0 saturated heterocycles. The lowest BCUT2D eigenvalue weighted by molar-refractivity contribution is 0.595. The highest BCUT2D eigenvalue weighted by Crippen LogP contribution is 2.20. The molecule has 6 nitrogen and oxygen atoms in total. The fourth-order valence-electron chi connectivity index (χ4n) is 1.85.